The van der Waals surface area contributed by atoms with E-state index in [0.717, 1.165) is 38.2 Å². The second kappa shape index (κ2) is 6.55. The van der Waals surface area contributed by atoms with Crippen LogP contribution in [-0.4, -0.2) is 18.1 Å². The van der Waals surface area contributed by atoms with Gasteiger partial charge in [0.1, 0.15) is 5.76 Å². The minimum atomic E-state index is 0.174. The van der Waals surface area contributed by atoms with Gasteiger partial charge >= 0.3 is 0 Å². The molecule has 1 aromatic rings. The second-order valence-electron chi connectivity index (χ2n) is 4.72. The quantitative estimate of drug-likeness (QED) is 0.866. The van der Waals surface area contributed by atoms with Crippen molar-refractivity contribution in [3.63, 3.8) is 0 Å². The van der Waals surface area contributed by atoms with Crippen LogP contribution < -0.4 is 5.32 Å². The van der Waals surface area contributed by atoms with Gasteiger partial charge in [-0.2, -0.15) is 0 Å². The summed E-state index contributed by atoms with van der Waals surface area (Å²) in [5.74, 6) is 1.07. The van der Waals surface area contributed by atoms with Crippen molar-refractivity contribution in [2.24, 2.45) is 0 Å². The lowest BCUT2D eigenvalue weighted by Gasteiger charge is -2.26. The van der Waals surface area contributed by atoms with Gasteiger partial charge < -0.3 is 10.1 Å². The molecule has 1 aliphatic heterocycles. The Balaban J connectivity index is 2.24. The fourth-order valence-corrected chi connectivity index (χ4v) is 2.24. The van der Waals surface area contributed by atoms with Crippen LogP contribution in [0.5, 0.6) is 0 Å². The van der Waals surface area contributed by atoms with Gasteiger partial charge in [-0.15, -0.1) is 0 Å². The highest BCUT2D eigenvalue weighted by Gasteiger charge is 2.20. The normalized spacial score (nSPS) is 16.9. The summed E-state index contributed by atoms with van der Waals surface area (Å²) in [5.41, 5.74) is 2.48. The van der Waals surface area contributed by atoms with Gasteiger partial charge in [0.2, 0.25) is 0 Å². The summed E-state index contributed by atoms with van der Waals surface area (Å²) in [5, 5.41) is 3.58. The summed E-state index contributed by atoms with van der Waals surface area (Å²) in [6, 6.07) is 2.26. The Kier molecular flexibility index (Phi) is 4.76. The van der Waals surface area contributed by atoms with Gasteiger partial charge in [0.25, 0.3) is 0 Å². The number of aromatic nitrogens is 1. The van der Waals surface area contributed by atoms with E-state index in [1.54, 1.807) is 0 Å². The number of allylic oxidation sites excluding steroid dienone is 1. The molecule has 1 aromatic heterocycles. The van der Waals surface area contributed by atoms with E-state index < -0.39 is 0 Å². The van der Waals surface area contributed by atoms with Crippen molar-refractivity contribution >= 4 is 0 Å². The first-order chi connectivity index (χ1) is 8.83. The minimum Gasteiger partial charge on any atom is -0.496 e. The van der Waals surface area contributed by atoms with Gasteiger partial charge in [-0.3, -0.25) is 4.98 Å². The Labute approximate surface area is 109 Å². The third-order valence-electron chi connectivity index (χ3n) is 3.22. The van der Waals surface area contributed by atoms with Gasteiger partial charge in [0, 0.05) is 12.4 Å². The standard InChI is InChI=1S/C15H22N2O/c1-3-8-17-15(14-6-4-5-10-18-14)13-7-9-16-11-12(13)2/h6-7,9,11,15,17H,3-5,8,10H2,1-2H3. The summed E-state index contributed by atoms with van der Waals surface area (Å²) >= 11 is 0. The highest BCUT2D eigenvalue weighted by atomic mass is 16.5. The molecule has 3 nitrogen and oxygen atoms in total. The van der Waals surface area contributed by atoms with E-state index in [1.165, 1.54) is 11.1 Å². The number of hydrogen-bond acceptors (Lipinski definition) is 3. The maximum atomic E-state index is 5.82. The van der Waals surface area contributed by atoms with Gasteiger partial charge in [-0.25, -0.2) is 0 Å². The van der Waals surface area contributed by atoms with Crippen LogP contribution in [0.4, 0.5) is 0 Å². The zero-order valence-corrected chi connectivity index (χ0v) is 11.3. The molecule has 1 aliphatic rings. The van der Waals surface area contributed by atoms with E-state index in [1.807, 2.05) is 12.4 Å². The highest BCUT2D eigenvalue weighted by Crippen LogP contribution is 2.27. The molecule has 1 unspecified atom stereocenters. The fourth-order valence-electron chi connectivity index (χ4n) is 2.24. The van der Waals surface area contributed by atoms with E-state index in [9.17, 15) is 0 Å². The van der Waals surface area contributed by atoms with Crippen LogP contribution in [0.3, 0.4) is 0 Å². The predicted molar refractivity (Wildman–Crippen MR) is 73.3 cm³/mol. The van der Waals surface area contributed by atoms with Crippen molar-refractivity contribution in [3.8, 4) is 0 Å². The lowest BCUT2D eigenvalue weighted by atomic mass is 10.00. The lowest BCUT2D eigenvalue weighted by molar-refractivity contribution is 0.167. The van der Waals surface area contributed by atoms with Crippen LogP contribution in [-0.2, 0) is 4.74 Å². The van der Waals surface area contributed by atoms with Gasteiger partial charge in [-0.05, 0) is 56.0 Å². The Morgan fingerprint density at radius 2 is 2.39 bits per heavy atom. The van der Waals surface area contributed by atoms with Gasteiger partial charge in [0.15, 0.2) is 0 Å². The highest BCUT2D eigenvalue weighted by molar-refractivity contribution is 5.31. The maximum Gasteiger partial charge on any atom is 0.113 e. The molecule has 0 saturated carbocycles. The number of rotatable bonds is 5. The average Bonchev–Trinajstić information content (AvgIpc) is 2.42. The number of ether oxygens (including phenoxy) is 1. The average molecular weight is 246 g/mol. The molecule has 2 heterocycles. The number of nitrogens with one attached hydrogen (secondary N) is 1. The molecular formula is C15H22N2O. The SMILES string of the molecule is CCCNC(C1=CCCCO1)c1ccncc1C. The minimum absolute atomic E-state index is 0.174. The van der Waals surface area contributed by atoms with Gasteiger partial charge in [-0.1, -0.05) is 6.92 Å². The Hall–Kier alpha value is -1.35. The van der Waals surface area contributed by atoms with Crippen molar-refractivity contribution in [2.75, 3.05) is 13.2 Å². The van der Waals surface area contributed by atoms with E-state index >= 15 is 0 Å². The van der Waals surface area contributed by atoms with Crippen LogP contribution in [0.25, 0.3) is 0 Å². The van der Waals surface area contributed by atoms with Crippen LogP contribution >= 0.6 is 0 Å². The Bertz CT molecular complexity index is 415. The molecule has 18 heavy (non-hydrogen) atoms. The van der Waals surface area contributed by atoms with E-state index in [0.29, 0.717) is 0 Å². The molecule has 0 spiro atoms. The number of pyridine rings is 1. The van der Waals surface area contributed by atoms with E-state index in [-0.39, 0.29) is 6.04 Å². The van der Waals surface area contributed by atoms with Crippen LogP contribution in [0.1, 0.15) is 43.4 Å². The van der Waals surface area contributed by atoms with Gasteiger partial charge in [0.05, 0.1) is 12.6 Å². The second-order valence-corrected chi connectivity index (χ2v) is 4.72. The monoisotopic (exact) mass is 246 g/mol. The first-order valence-electron chi connectivity index (χ1n) is 6.79. The Morgan fingerprint density at radius 3 is 3.06 bits per heavy atom. The van der Waals surface area contributed by atoms with E-state index in [2.05, 4.69) is 36.3 Å². The molecule has 1 N–H and O–H groups in total. The molecular weight excluding hydrogens is 224 g/mol. The first-order valence-corrected chi connectivity index (χ1v) is 6.79. The van der Waals surface area contributed by atoms with Crippen molar-refractivity contribution < 1.29 is 4.74 Å². The molecule has 0 bridgehead atoms. The van der Waals surface area contributed by atoms with Crippen molar-refractivity contribution in [3.05, 3.63) is 41.4 Å². The van der Waals surface area contributed by atoms with E-state index in [4.69, 9.17) is 4.74 Å². The molecule has 0 saturated heterocycles. The van der Waals surface area contributed by atoms with Crippen molar-refractivity contribution in [2.45, 2.75) is 39.2 Å². The molecule has 2 rings (SSSR count). The molecule has 0 aliphatic carbocycles. The molecule has 98 valence electrons. The summed E-state index contributed by atoms with van der Waals surface area (Å²) in [6.07, 6.45) is 9.35. The molecule has 0 aromatic carbocycles. The predicted octanol–water partition coefficient (Wildman–Crippen LogP) is 3.13. The number of hydrogen-bond donors (Lipinski definition) is 1. The summed E-state index contributed by atoms with van der Waals surface area (Å²) in [6.45, 7) is 6.11. The zero-order chi connectivity index (χ0) is 12.8. The molecule has 0 fully saturated rings. The topological polar surface area (TPSA) is 34.1 Å². The van der Waals surface area contributed by atoms with Crippen molar-refractivity contribution in [1.29, 1.82) is 0 Å². The van der Waals surface area contributed by atoms with Crippen LogP contribution in [0.2, 0.25) is 0 Å². The summed E-state index contributed by atoms with van der Waals surface area (Å²) in [4.78, 5) is 4.16. The zero-order valence-electron chi connectivity index (χ0n) is 11.3. The molecule has 0 amide bonds. The van der Waals surface area contributed by atoms with Crippen molar-refractivity contribution in [1.82, 2.24) is 10.3 Å². The maximum absolute atomic E-state index is 5.82. The Morgan fingerprint density at radius 1 is 1.50 bits per heavy atom. The molecule has 3 heteroatoms. The third-order valence-corrected chi connectivity index (χ3v) is 3.22. The summed E-state index contributed by atoms with van der Waals surface area (Å²) in [7, 11) is 0. The summed E-state index contributed by atoms with van der Waals surface area (Å²) < 4.78 is 5.82. The smallest absolute Gasteiger partial charge is 0.113 e. The van der Waals surface area contributed by atoms with Crippen LogP contribution in [0, 0.1) is 6.92 Å². The molecule has 1 atom stereocenters. The van der Waals surface area contributed by atoms with Crippen LogP contribution in [0.15, 0.2) is 30.3 Å². The lowest BCUT2D eigenvalue weighted by Crippen LogP contribution is -2.27. The number of nitrogens with zero attached hydrogens (tertiary/aromatic N) is 1. The number of aryl methyl sites for hydroxylation is 1. The molecule has 0 radical (unpaired) electrons. The first kappa shape index (κ1) is 13.1. The third kappa shape index (κ3) is 3.10. The largest absolute Gasteiger partial charge is 0.496 e. The fraction of sp³-hybridized carbons (Fsp3) is 0.533.